The molecule has 0 saturated heterocycles. The summed E-state index contributed by atoms with van der Waals surface area (Å²) in [5.74, 6) is 0.339. The molecule has 1 aliphatic rings. The van der Waals surface area contributed by atoms with E-state index in [4.69, 9.17) is 20.5 Å². The number of benzene rings is 2. The lowest BCUT2D eigenvalue weighted by molar-refractivity contribution is 0.411. The fourth-order valence-corrected chi connectivity index (χ4v) is 5.80. The minimum absolute atomic E-state index is 0.0285. The lowest BCUT2D eigenvalue weighted by Crippen LogP contribution is -2.15. The van der Waals surface area contributed by atoms with Gasteiger partial charge < -0.3 is 15.4 Å². The van der Waals surface area contributed by atoms with Gasteiger partial charge in [0, 0.05) is 0 Å². The van der Waals surface area contributed by atoms with Crippen LogP contribution in [-0.2, 0) is 9.84 Å². The number of rotatable bonds is 8. The summed E-state index contributed by atoms with van der Waals surface area (Å²) in [6, 6.07) is 11.8. The summed E-state index contributed by atoms with van der Waals surface area (Å²) in [4.78, 5) is 8.68. The molecular formula is C27H30ClN5O3S. The third-order valence-electron chi connectivity index (χ3n) is 6.48. The van der Waals surface area contributed by atoms with Gasteiger partial charge in [-0.1, -0.05) is 43.0 Å². The molecule has 2 N–H and O–H groups in total. The molecule has 1 aromatic heterocycles. The molecule has 8 nitrogen and oxygen atoms in total. The first-order valence-corrected chi connectivity index (χ1v) is 14.0. The van der Waals surface area contributed by atoms with E-state index in [1.54, 1.807) is 44.2 Å². The van der Waals surface area contributed by atoms with Crippen LogP contribution < -0.4 is 15.4 Å². The van der Waals surface area contributed by atoms with Crippen molar-refractivity contribution in [2.45, 2.75) is 62.0 Å². The maximum absolute atomic E-state index is 12.9. The van der Waals surface area contributed by atoms with E-state index in [0.717, 1.165) is 37.7 Å². The molecule has 0 radical (unpaired) electrons. The zero-order chi connectivity index (χ0) is 29.1. The summed E-state index contributed by atoms with van der Waals surface area (Å²) in [6.45, 7) is 3.19. The normalized spacial score (nSPS) is 15.8. The molecule has 0 aliphatic heterocycles. The molecule has 1 heterocycles. The quantitative estimate of drug-likeness (QED) is 0.322. The first kappa shape index (κ1) is 22.8. The van der Waals surface area contributed by atoms with E-state index in [2.05, 4.69) is 26.7 Å². The molecule has 1 fully saturated rings. The van der Waals surface area contributed by atoms with Gasteiger partial charge in [0.25, 0.3) is 0 Å². The van der Waals surface area contributed by atoms with Crippen LogP contribution in [0.1, 0.15) is 67.1 Å². The number of aromatic nitrogens is 2. The van der Waals surface area contributed by atoms with Crippen LogP contribution in [0.15, 0.2) is 47.5 Å². The van der Waals surface area contributed by atoms with Crippen molar-refractivity contribution in [2.75, 3.05) is 17.7 Å². The van der Waals surface area contributed by atoms with Crippen LogP contribution in [0.2, 0.25) is 5.02 Å². The lowest BCUT2D eigenvalue weighted by atomic mass is 9.82. The number of halogens is 1. The summed E-state index contributed by atoms with van der Waals surface area (Å²) in [5.41, 5.74) is 1.66. The zero-order valence-corrected chi connectivity index (χ0v) is 22.2. The van der Waals surface area contributed by atoms with Gasteiger partial charge in [0.05, 0.1) is 50.5 Å². The molecular weight excluding hydrogens is 510 g/mol. The van der Waals surface area contributed by atoms with Gasteiger partial charge in [-0.05, 0) is 62.4 Å². The summed E-state index contributed by atoms with van der Waals surface area (Å²) in [7, 11) is -6.34. The van der Waals surface area contributed by atoms with E-state index in [9.17, 15) is 13.7 Å². The summed E-state index contributed by atoms with van der Waals surface area (Å²) >= 11 is 6.34. The van der Waals surface area contributed by atoms with E-state index >= 15 is 0 Å². The Kier molecular flexibility index (Phi) is 7.01. The average molecular weight is 543 g/mol. The van der Waals surface area contributed by atoms with Gasteiger partial charge in [-0.3, -0.25) is 0 Å². The smallest absolute Gasteiger partial charge is 0.229 e. The molecule has 0 atom stereocenters. The Morgan fingerprint density at radius 1 is 1.16 bits per heavy atom. The number of methoxy groups -OCH3 is 1. The number of nitrogens with zero attached hydrogens (tertiary/aromatic N) is 3. The van der Waals surface area contributed by atoms with Gasteiger partial charge in [-0.2, -0.15) is 10.2 Å². The number of ether oxygens (including phenoxy) is 1. The van der Waals surface area contributed by atoms with Gasteiger partial charge in [-0.15, -0.1) is 0 Å². The number of nitriles is 1. The topological polar surface area (TPSA) is 117 Å². The van der Waals surface area contributed by atoms with Crippen LogP contribution in [0.25, 0.3) is 0 Å². The number of hydrogen-bond donors (Lipinski definition) is 2. The van der Waals surface area contributed by atoms with Crippen molar-refractivity contribution in [3.63, 3.8) is 0 Å². The number of sulfone groups is 1. The minimum atomic E-state index is -3.61. The number of nitrogens with one attached hydrogen (secondary N) is 2. The Labute approximate surface area is 227 Å². The van der Waals surface area contributed by atoms with E-state index < -0.39 is 22.1 Å². The van der Waals surface area contributed by atoms with Crippen molar-refractivity contribution in [1.82, 2.24) is 9.97 Å². The van der Waals surface area contributed by atoms with Crippen molar-refractivity contribution < 1.29 is 17.3 Å². The van der Waals surface area contributed by atoms with Crippen molar-refractivity contribution in [3.8, 4) is 11.8 Å². The molecule has 2 aromatic carbocycles. The number of hydrogen-bond acceptors (Lipinski definition) is 8. The van der Waals surface area contributed by atoms with Crippen LogP contribution in [-0.4, -0.2) is 30.7 Å². The Morgan fingerprint density at radius 2 is 1.92 bits per heavy atom. The fourth-order valence-electron chi connectivity index (χ4n) is 4.46. The highest BCUT2D eigenvalue weighted by Crippen LogP contribution is 2.39. The van der Waals surface area contributed by atoms with E-state index in [0.29, 0.717) is 5.56 Å². The van der Waals surface area contributed by atoms with Crippen LogP contribution in [0.5, 0.6) is 5.75 Å². The van der Waals surface area contributed by atoms with Gasteiger partial charge in [0.15, 0.2) is 15.7 Å². The van der Waals surface area contributed by atoms with Gasteiger partial charge >= 0.3 is 0 Å². The van der Waals surface area contributed by atoms with Crippen LogP contribution in [0.3, 0.4) is 0 Å². The number of para-hydroxylation sites is 1. The fraction of sp³-hybridized carbons (Fsp3) is 0.370. The Morgan fingerprint density at radius 3 is 2.62 bits per heavy atom. The minimum Gasteiger partial charge on any atom is -0.495 e. The lowest BCUT2D eigenvalue weighted by Gasteiger charge is -2.24. The third-order valence-corrected chi connectivity index (χ3v) is 8.97. The van der Waals surface area contributed by atoms with Gasteiger partial charge in [0.2, 0.25) is 5.95 Å². The SMILES string of the molecule is [2H]C([2H])([2H])Oc1cc(C2CCCCC2)c(C#N)cc1Nc1ncc(Cl)c(Nc2ccccc2S(=O)(=O)C(C)C)n1. The highest BCUT2D eigenvalue weighted by Gasteiger charge is 2.24. The standard InChI is InChI=1S/C27H30ClN5O3S/c1-17(2)37(34,35)25-12-8-7-11-22(25)31-26-21(28)16-30-27(33-26)32-23-13-19(15-29)20(14-24(23)36-3)18-9-5-4-6-10-18/h7-8,11-14,16-18H,4-6,9-10H2,1-3H3,(H2,30,31,32,33)/i3D3. The monoisotopic (exact) mass is 542 g/mol. The van der Waals surface area contributed by atoms with Gasteiger partial charge in [-0.25, -0.2) is 13.4 Å². The number of anilines is 4. The molecule has 0 spiro atoms. The summed E-state index contributed by atoms with van der Waals surface area (Å²) < 4.78 is 54.1. The first-order valence-electron chi connectivity index (χ1n) is 13.6. The molecule has 194 valence electrons. The average Bonchev–Trinajstić information content (AvgIpc) is 2.91. The molecule has 37 heavy (non-hydrogen) atoms. The predicted molar refractivity (Wildman–Crippen MR) is 146 cm³/mol. The maximum Gasteiger partial charge on any atom is 0.229 e. The van der Waals surface area contributed by atoms with Crippen LogP contribution in [0, 0.1) is 11.3 Å². The Balaban J connectivity index is 1.71. The summed E-state index contributed by atoms with van der Waals surface area (Å²) in [6.07, 6.45) is 6.37. The summed E-state index contributed by atoms with van der Waals surface area (Å²) in [5, 5.41) is 15.3. The molecule has 1 saturated carbocycles. The van der Waals surface area contributed by atoms with Crippen LogP contribution in [0.4, 0.5) is 23.1 Å². The van der Waals surface area contributed by atoms with E-state index in [1.807, 2.05) is 0 Å². The molecule has 4 rings (SSSR count). The van der Waals surface area contributed by atoms with E-state index in [-0.39, 0.29) is 44.7 Å². The second-order valence-electron chi connectivity index (χ2n) is 9.21. The second kappa shape index (κ2) is 11.4. The first-order chi connectivity index (χ1) is 18.9. The molecule has 3 aromatic rings. The molecule has 10 heteroatoms. The Hall–Kier alpha value is -3.35. The highest BCUT2D eigenvalue weighted by atomic mass is 35.5. The van der Waals surface area contributed by atoms with Gasteiger partial charge in [0.1, 0.15) is 10.8 Å². The van der Waals surface area contributed by atoms with Crippen molar-refractivity contribution in [1.29, 1.82) is 5.26 Å². The van der Waals surface area contributed by atoms with Crippen molar-refractivity contribution in [2.24, 2.45) is 0 Å². The largest absolute Gasteiger partial charge is 0.495 e. The second-order valence-corrected chi connectivity index (χ2v) is 12.1. The third kappa shape index (κ3) is 5.81. The predicted octanol–water partition coefficient (Wildman–Crippen LogP) is 6.73. The molecule has 0 bridgehead atoms. The zero-order valence-electron chi connectivity index (χ0n) is 23.6. The van der Waals surface area contributed by atoms with Crippen molar-refractivity contribution in [3.05, 3.63) is 58.7 Å². The Bertz CT molecular complexity index is 1540. The van der Waals surface area contributed by atoms with Crippen molar-refractivity contribution >= 4 is 44.6 Å². The highest BCUT2D eigenvalue weighted by molar-refractivity contribution is 7.92. The molecule has 0 amide bonds. The van der Waals surface area contributed by atoms with E-state index in [1.165, 1.54) is 12.3 Å². The maximum atomic E-state index is 12.9. The molecule has 1 aliphatic carbocycles. The van der Waals surface area contributed by atoms with Crippen LogP contribution >= 0.6 is 11.6 Å². The molecule has 0 unspecified atom stereocenters.